The number of primary amides is 1. The van der Waals surface area contributed by atoms with E-state index < -0.39 is 17.8 Å². The van der Waals surface area contributed by atoms with E-state index in [0.29, 0.717) is 35.8 Å². The predicted octanol–water partition coefficient (Wildman–Crippen LogP) is 4.47. The van der Waals surface area contributed by atoms with Gasteiger partial charge in [0.15, 0.2) is 11.5 Å². The predicted molar refractivity (Wildman–Crippen MR) is 125 cm³/mol. The first-order chi connectivity index (χ1) is 16.8. The summed E-state index contributed by atoms with van der Waals surface area (Å²) in [6, 6.07) is 14.0. The van der Waals surface area contributed by atoms with E-state index in [1.54, 1.807) is 35.0 Å². The fourth-order valence-electron chi connectivity index (χ4n) is 4.08. The molecule has 3 heterocycles. The van der Waals surface area contributed by atoms with Gasteiger partial charge < -0.3 is 15.4 Å². The lowest BCUT2D eigenvalue weighted by atomic mass is 10.1. The Morgan fingerprint density at radius 1 is 1.00 bits per heavy atom. The molecule has 0 radical (unpaired) electrons. The number of hydrogen-bond acceptors (Lipinski definition) is 5. The van der Waals surface area contributed by atoms with E-state index in [9.17, 15) is 18.0 Å². The van der Waals surface area contributed by atoms with Crippen molar-refractivity contribution in [2.24, 2.45) is 5.73 Å². The van der Waals surface area contributed by atoms with Crippen molar-refractivity contribution in [2.45, 2.75) is 6.18 Å². The summed E-state index contributed by atoms with van der Waals surface area (Å²) in [7, 11) is 0. The molecule has 180 valence electrons. The van der Waals surface area contributed by atoms with Gasteiger partial charge in [0, 0.05) is 30.9 Å². The Bertz CT molecular complexity index is 1380. The number of benzene rings is 2. The minimum absolute atomic E-state index is 0.0121. The number of rotatable bonds is 4. The molecule has 8 nitrogen and oxygen atoms in total. The second-order valence-corrected chi connectivity index (χ2v) is 7.97. The number of alkyl halides is 3. The summed E-state index contributed by atoms with van der Waals surface area (Å²) in [6.07, 6.45) is -2.90. The Labute approximate surface area is 198 Å². The van der Waals surface area contributed by atoms with Crippen LogP contribution in [0, 0.1) is 0 Å². The van der Waals surface area contributed by atoms with Crippen molar-refractivity contribution < 1.29 is 22.7 Å². The standard InChI is InChI=1S/C24H21F3N6O2/c25-24(26,27)17-4-2-6-19(14-17)32(23(28)34)18-5-1-3-16(13-18)20-7-8-29-21-15-22(30-33(20)21)31-9-11-35-12-10-31/h1-8,13-15H,9-12H2,(H2,28,34). The molecule has 11 heteroatoms. The first-order valence-corrected chi connectivity index (χ1v) is 10.9. The number of morpholine rings is 1. The van der Waals surface area contributed by atoms with Crippen molar-refractivity contribution in [3.8, 4) is 11.3 Å². The van der Waals surface area contributed by atoms with Crippen LogP contribution in [0.3, 0.4) is 0 Å². The zero-order valence-electron chi connectivity index (χ0n) is 18.4. The molecule has 1 fully saturated rings. The summed E-state index contributed by atoms with van der Waals surface area (Å²) >= 11 is 0. The molecule has 0 aliphatic carbocycles. The molecule has 1 aliphatic heterocycles. The molecule has 1 saturated heterocycles. The van der Waals surface area contributed by atoms with E-state index in [0.717, 1.165) is 35.9 Å². The highest BCUT2D eigenvalue weighted by Gasteiger charge is 2.31. The molecular weight excluding hydrogens is 461 g/mol. The lowest BCUT2D eigenvalue weighted by Gasteiger charge is -2.26. The van der Waals surface area contributed by atoms with E-state index in [2.05, 4.69) is 9.88 Å². The van der Waals surface area contributed by atoms with Crippen LogP contribution in [-0.4, -0.2) is 46.9 Å². The number of nitrogens with two attached hydrogens (primary N) is 1. The number of anilines is 3. The molecule has 0 atom stereocenters. The normalized spacial score (nSPS) is 14.3. The van der Waals surface area contributed by atoms with Crippen LogP contribution >= 0.6 is 0 Å². The quantitative estimate of drug-likeness (QED) is 0.464. The van der Waals surface area contributed by atoms with Crippen LogP contribution in [0.4, 0.5) is 35.2 Å². The molecule has 4 aromatic rings. The number of ether oxygens (including phenoxy) is 1. The van der Waals surface area contributed by atoms with Crippen LogP contribution < -0.4 is 15.5 Å². The van der Waals surface area contributed by atoms with Crippen molar-refractivity contribution in [3.05, 3.63) is 72.4 Å². The zero-order valence-corrected chi connectivity index (χ0v) is 18.4. The summed E-state index contributed by atoms with van der Waals surface area (Å²) < 4.78 is 46.8. The Morgan fingerprint density at radius 2 is 1.71 bits per heavy atom. The summed E-state index contributed by atoms with van der Waals surface area (Å²) in [6.45, 7) is 2.68. The van der Waals surface area contributed by atoms with Gasteiger partial charge in [-0.2, -0.15) is 13.2 Å². The van der Waals surface area contributed by atoms with Crippen LogP contribution in [-0.2, 0) is 10.9 Å². The van der Waals surface area contributed by atoms with E-state index in [4.69, 9.17) is 15.6 Å². The Balaban J connectivity index is 1.55. The van der Waals surface area contributed by atoms with Gasteiger partial charge in [0.25, 0.3) is 0 Å². The average Bonchev–Trinajstić information content (AvgIpc) is 3.29. The summed E-state index contributed by atoms with van der Waals surface area (Å²) in [4.78, 5) is 19.9. The highest BCUT2D eigenvalue weighted by Crippen LogP contribution is 2.35. The fraction of sp³-hybridized carbons (Fsp3) is 0.208. The molecule has 2 N–H and O–H groups in total. The van der Waals surface area contributed by atoms with Crippen LogP contribution in [0.15, 0.2) is 66.9 Å². The summed E-state index contributed by atoms with van der Waals surface area (Å²) in [5, 5.41) is 4.71. The molecule has 2 aromatic carbocycles. The molecule has 35 heavy (non-hydrogen) atoms. The van der Waals surface area contributed by atoms with Crippen molar-refractivity contribution in [3.63, 3.8) is 0 Å². The van der Waals surface area contributed by atoms with E-state index in [1.165, 1.54) is 12.1 Å². The molecular formula is C24H21F3N6O2. The second kappa shape index (κ2) is 8.91. The van der Waals surface area contributed by atoms with Gasteiger partial charge in [-0.1, -0.05) is 18.2 Å². The highest BCUT2D eigenvalue weighted by atomic mass is 19.4. The van der Waals surface area contributed by atoms with Crippen molar-refractivity contribution in [1.82, 2.24) is 14.6 Å². The van der Waals surface area contributed by atoms with Gasteiger partial charge in [0.2, 0.25) is 0 Å². The molecule has 0 spiro atoms. The third-order valence-electron chi connectivity index (χ3n) is 5.73. The number of aromatic nitrogens is 3. The van der Waals surface area contributed by atoms with Gasteiger partial charge in [0.05, 0.1) is 35.8 Å². The summed E-state index contributed by atoms with van der Waals surface area (Å²) in [5.41, 5.74) is 7.07. The monoisotopic (exact) mass is 482 g/mol. The number of halogens is 3. The maximum atomic E-state index is 13.2. The minimum atomic E-state index is -4.55. The summed E-state index contributed by atoms with van der Waals surface area (Å²) in [5.74, 6) is 0.770. The average molecular weight is 482 g/mol. The topological polar surface area (TPSA) is 89.0 Å². The van der Waals surface area contributed by atoms with E-state index in [-0.39, 0.29) is 5.69 Å². The SMILES string of the molecule is NC(=O)N(c1cccc(-c2ccnc3cc(N4CCOCC4)nn23)c1)c1cccc(C(F)(F)F)c1. The fourth-order valence-corrected chi connectivity index (χ4v) is 4.08. The number of fused-ring (bicyclic) bond motifs is 1. The molecule has 0 unspecified atom stereocenters. The van der Waals surface area contributed by atoms with Gasteiger partial charge >= 0.3 is 12.2 Å². The molecule has 5 rings (SSSR count). The first kappa shape index (κ1) is 22.7. The van der Waals surface area contributed by atoms with Gasteiger partial charge in [0.1, 0.15) is 0 Å². The lowest BCUT2D eigenvalue weighted by Crippen LogP contribution is -2.36. The van der Waals surface area contributed by atoms with Crippen LogP contribution in [0.25, 0.3) is 16.9 Å². The molecule has 2 amide bonds. The van der Waals surface area contributed by atoms with Crippen molar-refractivity contribution in [2.75, 3.05) is 36.1 Å². The van der Waals surface area contributed by atoms with Gasteiger partial charge in [-0.3, -0.25) is 4.90 Å². The maximum absolute atomic E-state index is 13.2. The van der Waals surface area contributed by atoms with Crippen LogP contribution in [0.5, 0.6) is 0 Å². The van der Waals surface area contributed by atoms with Crippen molar-refractivity contribution in [1.29, 1.82) is 0 Å². The van der Waals surface area contributed by atoms with Gasteiger partial charge in [-0.25, -0.2) is 14.3 Å². The molecule has 0 saturated carbocycles. The number of nitrogens with zero attached hydrogens (tertiary/aromatic N) is 5. The Kier molecular flexibility index (Phi) is 5.77. The highest BCUT2D eigenvalue weighted by molar-refractivity contribution is 5.99. The molecule has 2 aromatic heterocycles. The van der Waals surface area contributed by atoms with E-state index >= 15 is 0 Å². The number of amides is 2. The largest absolute Gasteiger partial charge is 0.416 e. The maximum Gasteiger partial charge on any atom is 0.416 e. The third-order valence-corrected chi connectivity index (χ3v) is 5.73. The zero-order chi connectivity index (χ0) is 24.6. The molecule has 1 aliphatic rings. The number of hydrogen-bond donors (Lipinski definition) is 1. The Hall–Kier alpha value is -4.12. The van der Waals surface area contributed by atoms with Gasteiger partial charge in [-0.15, -0.1) is 5.10 Å². The second-order valence-electron chi connectivity index (χ2n) is 7.97. The smallest absolute Gasteiger partial charge is 0.378 e. The van der Waals surface area contributed by atoms with Crippen LogP contribution in [0.1, 0.15) is 5.56 Å². The van der Waals surface area contributed by atoms with E-state index in [1.807, 2.05) is 12.1 Å². The number of urea groups is 1. The number of carbonyl (C=O) groups excluding carboxylic acids is 1. The lowest BCUT2D eigenvalue weighted by molar-refractivity contribution is -0.137. The third kappa shape index (κ3) is 4.50. The molecule has 0 bridgehead atoms. The first-order valence-electron chi connectivity index (χ1n) is 10.9. The van der Waals surface area contributed by atoms with Crippen molar-refractivity contribution >= 4 is 28.9 Å². The Morgan fingerprint density at radius 3 is 2.43 bits per heavy atom. The van der Waals surface area contributed by atoms with Gasteiger partial charge in [-0.05, 0) is 36.4 Å². The van der Waals surface area contributed by atoms with Crippen LogP contribution in [0.2, 0.25) is 0 Å². The number of carbonyl (C=O) groups is 1. The minimum Gasteiger partial charge on any atom is -0.378 e.